The number of likely N-dealkylation sites (N-methyl/N-ethyl adjacent to an activating group) is 1. The van der Waals surface area contributed by atoms with Gasteiger partial charge in [0, 0.05) is 19.2 Å². The van der Waals surface area contributed by atoms with Crippen molar-refractivity contribution in [2.45, 2.75) is 19.0 Å². The number of nitrogens with zero attached hydrogens (tertiary/aromatic N) is 1. The van der Waals surface area contributed by atoms with Crippen LogP contribution in [0.3, 0.4) is 0 Å². The Balaban J connectivity index is 1.99. The van der Waals surface area contributed by atoms with Crippen molar-refractivity contribution in [2.75, 3.05) is 13.7 Å². The Bertz CT molecular complexity index is 528. The summed E-state index contributed by atoms with van der Waals surface area (Å²) < 4.78 is 5.55. The van der Waals surface area contributed by atoms with Gasteiger partial charge in [-0.1, -0.05) is 30.9 Å². The summed E-state index contributed by atoms with van der Waals surface area (Å²) in [4.78, 5) is 24.4. The van der Waals surface area contributed by atoms with Gasteiger partial charge < -0.3 is 10.1 Å². The van der Waals surface area contributed by atoms with Crippen LogP contribution in [-0.2, 0) is 16.1 Å². The van der Waals surface area contributed by atoms with Crippen LogP contribution in [-0.4, -0.2) is 36.4 Å². The van der Waals surface area contributed by atoms with Crippen LogP contribution in [0.5, 0.6) is 5.75 Å². The van der Waals surface area contributed by atoms with E-state index in [1.807, 2.05) is 24.3 Å². The zero-order valence-corrected chi connectivity index (χ0v) is 11.5. The highest BCUT2D eigenvalue weighted by Crippen LogP contribution is 2.19. The van der Waals surface area contributed by atoms with Gasteiger partial charge in [-0.3, -0.25) is 14.5 Å². The Morgan fingerprint density at radius 3 is 2.85 bits per heavy atom. The summed E-state index contributed by atoms with van der Waals surface area (Å²) in [6.07, 6.45) is 1.89. The van der Waals surface area contributed by atoms with E-state index in [1.54, 1.807) is 6.08 Å². The van der Waals surface area contributed by atoms with Crippen LogP contribution in [0.2, 0.25) is 0 Å². The number of amides is 2. The highest BCUT2D eigenvalue weighted by Gasteiger charge is 2.35. The monoisotopic (exact) mass is 274 g/mol. The van der Waals surface area contributed by atoms with Crippen LogP contribution >= 0.6 is 0 Å². The molecule has 1 N–H and O–H groups in total. The van der Waals surface area contributed by atoms with Crippen molar-refractivity contribution in [2.24, 2.45) is 0 Å². The third kappa shape index (κ3) is 3.05. The number of carbonyl (C=O) groups excluding carboxylic acids is 2. The fourth-order valence-electron chi connectivity index (χ4n) is 2.09. The molecule has 2 rings (SSSR count). The lowest BCUT2D eigenvalue weighted by Gasteiger charge is -2.14. The quantitative estimate of drug-likeness (QED) is 0.623. The minimum atomic E-state index is -0.444. The van der Waals surface area contributed by atoms with E-state index in [0.717, 1.165) is 16.2 Å². The third-order valence-electron chi connectivity index (χ3n) is 3.25. The molecule has 0 radical (unpaired) electrons. The molecule has 2 amide bonds. The zero-order valence-electron chi connectivity index (χ0n) is 11.5. The Labute approximate surface area is 118 Å². The van der Waals surface area contributed by atoms with Crippen molar-refractivity contribution in [1.29, 1.82) is 0 Å². The lowest BCUT2D eigenvalue weighted by atomic mass is 10.1. The SMILES string of the molecule is C=CCOc1ccccc1CNC1CC(=O)N(C)C1=O. The topological polar surface area (TPSA) is 58.6 Å². The zero-order chi connectivity index (χ0) is 14.5. The standard InChI is InChI=1S/C15H18N2O3/c1-3-8-20-13-7-5-4-6-11(13)10-16-12-9-14(18)17(2)15(12)19/h3-7,12,16H,1,8-10H2,2H3. The maximum atomic E-state index is 11.8. The molecular formula is C15H18N2O3. The number of carbonyl (C=O) groups is 2. The van der Waals surface area contributed by atoms with Gasteiger partial charge in [0.15, 0.2) is 0 Å². The average molecular weight is 274 g/mol. The van der Waals surface area contributed by atoms with Crippen LogP contribution < -0.4 is 10.1 Å². The second-order valence-electron chi connectivity index (χ2n) is 4.64. The minimum Gasteiger partial charge on any atom is -0.489 e. The first-order chi connectivity index (χ1) is 9.63. The van der Waals surface area contributed by atoms with E-state index in [1.165, 1.54) is 7.05 Å². The van der Waals surface area contributed by atoms with Crippen LogP contribution in [0.1, 0.15) is 12.0 Å². The van der Waals surface area contributed by atoms with Gasteiger partial charge in [-0.2, -0.15) is 0 Å². The Kier molecular flexibility index (Phi) is 4.53. The number of ether oxygens (including phenoxy) is 1. The summed E-state index contributed by atoms with van der Waals surface area (Å²) in [6.45, 7) is 4.52. The van der Waals surface area contributed by atoms with Crippen LogP contribution in [0.25, 0.3) is 0 Å². The van der Waals surface area contributed by atoms with Gasteiger partial charge in [0.25, 0.3) is 0 Å². The number of hydrogen-bond acceptors (Lipinski definition) is 4. The molecule has 5 nitrogen and oxygen atoms in total. The molecule has 1 unspecified atom stereocenters. The first-order valence-corrected chi connectivity index (χ1v) is 6.49. The molecule has 5 heteroatoms. The summed E-state index contributed by atoms with van der Waals surface area (Å²) >= 11 is 0. The van der Waals surface area contributed by atoms with Crippen molar-refractivity contribution >= 4 is 11.8 Å². The van der Waals surface area contributed by atoms with Gasteiger partial charge in [-0.15, -0.1) is 0 Å². The van der Waals surface area contributed by atoms with Gasteiger partial charge >= 0.3 is 0 Å². The molecule has 0 saturated carbocycles. The Hall–Kier alpha value is -2.14. The molecule has 0 aromatic heterocycles. The van der Waals surface area contributed by atoms with E-state index < -0.39 is 6.04 Å². The number of hydrogen-bond donors (Lipinski definition) is 1. The summed E-state index contributed by atoms with van der Waals surface area (Å²) in [5.74, 6) is 0.424. The third-order valence-corrected chi connectivity index (χ3v) is 3.25. The maximum Gasteiger partial charge on any atom is 0.246 e. The summed E-state index contributed by atoms with van der Waals surface area (Å²) in [7, 11) is 1.51. The predicted molar refractivity (Wildman–Crippen MR) is 75.2 cm³/mol. The Morgan fingerprint density at radius 2 is 2.20 bits per heavy atom. The number of nitrogens with one attached hydrogen (secondary N) is 1. The van der Waals surface area contributed by atoms with Crippen molar-refractivity contribution in [3.8, 4) is 5.75 Å². The van der Waals surface area contributed by atoms with Crippen molar-refractivity contribution < 1.29 is 14.3 Å². The van der Waals surface area contributed by atoms with Gasteiger partial charge in [-0.05, 0) is 6.07 Å². The smallest absolute Gasteiger partial charge is 0.246 e. The molecule has 1 heterocycles. The first kappa shape index (κ1) is 14.3. The van der Waals surface area contributed by atoms with Crippen molar-refractivity contribution in [3.63, 3.8) is 0 Å². The fourth-order valence-corrected chi connectivity index (χ4v) is 2.09. The number of para-hydroxylation sites is 1. The molecule has 1 aliphatic heterocycles. The van der Waals surface area contributed by atoms with E-state index in [0.29, 0.717) is 13.2 Å². The van der Waals surface area contributed by atoms with E-state index in [2.05, 4.69) is 11.9 Å². The Morgan fingerprint density at radius 1 is 1.45 bits per heavy atom. The molecule has 0 aliphatic carbocycles. The summed E-state index contributed by atoms with van der Waals surface area (Å²) in [6, 6.07) is 7.15. The molecule has 1 atom stereocenters. The van der Waals surface area contributed by atoms with E-state index in [-0.39, 0.29) is 18.2 Å². The maximum absolute atomic E-state index is 11.8. The van der Waals surface area contributed by atoms with Gasteiger partial charge in [0.05, 0.1) is 12.5 Å². The average Bonchev–Trinajstić information content (AvgIpc) is 2.71. The largest absolute Gasteiger partial charge is 0.489 e. The highest BCUT2D eigenvalue weighted by molar-refractivity contribution is 6.05. The number of rotatable bonds is 6. The lowest BCUT2D eigenvalue weighted by Crippen LogP contribution is -2.36. The highest BCUT2D eigenvalue weighted by atomic mass is 16.5. The summed E-state index contributed by atoms with van der Waals surface area (Å²) in [5, 5.41) is 3.11. The molecule has 0 spiro atoms. The lowest BCUT2D eigenvalue weighted by molar-refractivity contribution is -0.137. The van der Waals surface area contributed by atoms with E-state index in [9.17, 15) is 9.59 Å². The second kappa shape index (κ2) is 6.34. The van der Waals surface area contributed by atoms with Gasteiger partial charge in [0.1, 0.15) is 12.4 Å². The normalized spacial score (nSPS) is 18.4. The first-order valence-electron chi connectivity index (χ1n) is 6.49. The molecule has 1 saturated heterocycles. The number of imide groups is 1. The molecular weight excluding hydrogens is 256 g/mol. The number of benzene rings is 1. The predicted octanol–water partition coefficient (Wildman–Crippen LogP) is 1.10. The van der Waals surface area contributed by atoms with Gasteiger partial charge in [-0.25, -0.2) is 0 Å². The molecule has 106 valence electrons. The minimum absolute atomic E-state index is 0.149. The van der Waals surface area contributed by atoms with Gasteiger partial charge in [0.2, 0.25) is 11.8 Å². The number of likely N-dealkylation sites (tertiary alicyclic amines) is 1. The van der Waals surface area contributed by atoms with E-state index in [4.69, 9.17) is 4.74 Å². The van der Waals surface area contributed by atoms with Crippen LogP contribution in [0.4, 0.5) is 0 Å². The van der Waals surface area contributed by atoms with Crippen molar-refractivity contribution in [1.82, 2.24) is 10.2 Å². The fraction of sp³-hybridized carbons (Fsp3) is 0.333. The molecule has 1 aliphatic rings. The summed E-state index contributed by atoms with van der Waals surface area (Å²) in [5.41, 5.74) is 0.948. The second-order valence-corrected chi connectivity index (χ2v) is 4.64. The van der Waals surface area contributed by atoms with Crippen LogP contribution in [0.15, 0.2) is 36.9 Å². The molecule has 20 heavy (non-hydrogen) atoms. The van der Waals surface area contributed by atoms with Crippen LogP contribution in [0, 0.1) is 0 Å². The molecule has 0 bridgehead atoms. The van der Waals surface area contributed by atoms with Crippen molar-refractivity contribution in [3.05, 3.63) is 42.5 Å². The molecule has 1 aromatic carbocycles. The van der Waals surface area contributed by atoms with E-state index >= 15 is 0 Å². The molecule has 1 fully saturated rings. The molecule has 1 aromatic rings.